The highest BCUT2D eigenvalue weighted by atomic mass is 35.5. The fourth-order valence-electron chi connectivity index (χ4n) is 4.02. The zero-order valence-corrected chi connectivity index (χ0v) is 21.8. The number of allylic oxidation sites excluding steroid dienone is 1. The lowest BCUT2D eigenvalue weighted by atomic mass is 10.0. The Hall–Kier alpha value is -3.51. The Labute approximate surface area is 218 Å². The van der Waals surface area contributed by atoms with Crippen molar-refractivity contribution in [1.82, 2.24) is 20.2 Å². The summed E-state index contributed by atoms with van der Waals surface area (Å²) in [7, 11) is 0.298. The average molecular weight is 552 g/mol. The zero-order chi connectivity index (χ0) is 26.7. The van der Waals surface area contributed by atoms with Crippen LogP contribution in [0.2, 0.25) is 5.02 Å². The molecule has 1 unspecified atom stereocenters. The van der Waals surface area contributed by atoms with Crippen molar-refractivity contribution in [2.75, 3.05) is 18.5 Å². The van der Waals surface area contributed by atoms with E-state index < -0.39 is 26.9 Å². The van der Waals surface area contributed by atoms with Gasteiger partial charge in [0.2, 0.25) is 10.0 Å². The van der Waals surface area contributed by atoms with Crippen molar-refractivity contribution < 1.29 is 26.7 Å². The number of halogens is 3. The van der Waals surface area contributed by atoms with Crippen LogP contribution in [0.25, 0.3) is 0 Å². The standard InChI is InChI=1S/C24H24ClF2N5O4S/c1-31-24(28-29-30-31)14-32(37(33,34)17-8-10-22(35-2)23(13-17)36-3)21-9-7-16(25)11-15(21)12-18-19(26)5-4-6-20(18)27/h4-7,9-11,13,17H,8,12,14H2,1-3H3. The molecule has 0 radical (unpaired) electrons. The van der Waals surface area contributed by atoms with Crippen LogP contribution >= 0.6 is 11.6 Å². The molecule has 0 bridgehead atoms. The number of sulfonamides is 1. The highest BCUT2D eigenvalue weighted by Gasteiger charge is 2.36. The van der Waals surface area contributed by atoms with Crippen LogP contribution in [0.15, 0.2) is 60.1 Å². The lowest BCUT2D eigenvalue weighted by Gasteiger charge is -2.30. The topological polar surface area (TPSA) is 99.4 Å². The first-order valence-electron chi connectivity index (χ1n) is 11.1. The molecule has 1 aliphatic rings. The predicted octanol–water partition coefficient (Wildman–Crippen LogP) is 3.90. The molecule has 9 nitrogen and oxygen atoms in total. The van der Waals surface area contributed by atoms with Crippen LogP contribution in [-0.4, -0.2) is 48.1 Å². The molecule has 0 aliphatic heterocycles. The Kier molecular flexibility index (Phi) is 7.79. The Balaban J connectivity index is 1.84. The summed E-state index contributed by atoms with van der Waals surface area (Å²) >= 11 is 6.23. The van der Waals surface area contributed by atoms with Crippen molar-refractivity contribution in [2.24, 2.45) is 7.05 Å². The van der Waals surface area contributed by atoms with Crippen molar-refractivity contribution >= 4 is 27.3 Å². The molecule has 0 amide bonds. The first kappa shape index (κ1) is 26.6. The fourth-order valence-corrected chi connectivity index (χ4v) is 5.92. The van der Waals surface area contributed by atoms with Crippen LogP contribution in [0.4, 0.5) is 14.5 Å². The zero-order valence-electron chi connectivity index (χ0n) is 20.2. The monoisotopic (exact) mass is 551 g/mol. The normalized spacial score (nSPS) is 15.7. The predicted molar refractivity (Wildman–Crippen MR) is 133 cm³/mol. The number of methoxy groups -OCH3 is 2. The van der Waals surface area contributed by atoms with Crippen molar-refractivity contribution in [3.05, 3.63) is 93.7 Å². The number of hydrogen-bond acceptors (Lipinski definition) is 7. The van der Waals surface area contributed by atoms with Gasteiger partial charge in [-0.25, -0.2) is 21.9 Å². The maximum Gasteiger partial charge on any atom is 0.242 e. The minimum Gasteiger partial charge on any atom is -0.493 e. The van der Waals surface area contributed by atoms with Gasteiger partial charge < -0.3 is 9.47 Å². The lowest BCUT2D eigenvalue weighted by molar-refractivity contribution is 0.215. The van der Waals surface area contributed by atoms with E-state index in [0.29, 0.717) is 11.3 Å². The first-order valence-corrected chi connectivity index (χ1v) is 13.0. The fraction of sp³-hybridized carbons (Fsp3) is 0.292. The summed E-state index contributed by atoms with van der Waals surface area (Å²) in [4.78, 5) is 0. The largest absolute Gasteiger partial charge is 0.493 e. The molecule has 3 aromatic rings. The van der Waals surface area contributed by atoms with Gasteiger partial charge in [-0.15, -0.1) is 5.10 Å². The summed E-state index contributed by atoms with van der Waals surface area (Å²) in [5, 5.41) is 10.6. The number of tetrazole rings is 1. The molecule has 0 N–H and O–H groups in total. The maximum atomic E-state index is 14.5. The van der Waals surface area contributed by atoms with Gasteiger partial charge in [0.05, 0.1) is 26.5 Å². The molecular formula is C24H24ClF2N5O4S. The smallest absolute Gasteiger partial charge is 0.242 e. The minimum absolute atomic E-state index is 0.108. The molecular weight excluding hydrogens is 528 g/mol. The Bertz CT molecular complexity index is 1460. The maximum absolute atomic E-state index is 14.5. The number of rotatable bonds is 9. The van der Waals surface area contributed by atoms with E-state index in [9.17, 15) is 17.2 Å². The second-order valence-corrected chi connectivity index (χ2v) is 10.7. The summed E-state index contributed by atoms with van der Waals surface area (Å²) in [6.45, 7) is -0.242. The van der Waals surface area contributed by atoms with E-state index in [-0.39, 0.29) is 47.2 Å². The number of ether oxygens (including phenoxy) is 2. The highest BCUT2D eigenvalue weighted by Crippen LogP contribution is 2.34. The van der Waals surface area contributed by atoms with Gasteiger partial charge in [0.25, 0.3) is 0 Å². The van der Waals surface area contributed by atoms with Crippen LogP contribution in [0, 0.1) is 11.6 Å². The van der Waals surface area contributed by atoms with E-state index in [2.05, 4.69) is 15.5 Å². The molecule has 4 rings (SSSR count). The number of nitrogens with zero attached hydrogens (tertiary/aromatic N) is 5. The number of aryl methyl sites for hydroxylation is 1. The first-order chi connectivity index (χ1) is 17.6. The van der Waals surface area contributed by atoms with Gasteiger partial charge in [-0.05, 0) is 64.9 Å². The molecule has 37 heavy (non-hydrogen) atoms. The van der Waals surface area contributed by atoms with Crippen LogP contribution in [0.5, 0.6) is 0 Å². The molecule has 0 saturated carbocycles. The van der Waals surface area contributed by atoms with E-state index in [1.165, 1.54) is 49.2 Å². The van der Waals surface area contributed by atoms with Crippen molar-refractivity contribution in [2.45, 2.75) is 24.6 Å². The van der Waals surface area contributed by atoms with E-state index >= 15 is 0 Å². The summed E-state index contributed by atoms with van der Waals surface area (Å²) in [5.74, 6) is -0.570. The molecule has 0 fully saturated rings. The molecule has 0 saturated heterocycles. The van der Waals surface area contributed by atoms with Gasteiger partial charge in [0.1, 0.15) is 16.9 Å². The van der Waals surface area contributed by atoms with E-state index in [1.54, 1.807) is 13.1 Å². The van der Waals surface area contributed by atoms with Gasteiger partial charge in [-0.1, -0.05) is 17.7 Å². The second-order valence-electron chi connectivity index (χ2n) is 8.20. The third kappa shape index (κ3) is 5.44. The van der Waals surface area contributed by atoms with Crippen molar-refractivity contribution in [3.63, 3.8) is 0 Å². The molecule has 1 heterocycles. The molecule has 1 aliphatic carbocycles. The Morgan fingerprint density at radius 1 is 1.14 bits per heavy atom. The highest BCUT2D eigenvalue weighted by molar-refractivity contribution is 7.93. The Morgan fingerprint density at radius 2 is 1.84 bits per heavy atom. The van der Waals surface area contributed by atoms with Gasteiger partial charge in [0, 0.05) is 24.1 Å². The summed E-state index contributed by atoms with van der Waals surface area (Å²) in [6, 6.07) is 8.03. The molecule has 2 aromatic carbocycles. The van der Waals surface area contributed by atoms with Crippen molar-refractivity contribution in [3.8, 4) is 0 Å². The third-order valence-electron chi connectivity index (χ3n) is 5.98. The van der Waals surface area contributed by atoms with E-state index in [4.69, 9.17) is 21.1 Å². The summed E-state index contributed by atoms with van der Waals surface area (Å²) in [5.41, 5.74) is 0.273. The number of anilines is 1. The number of aromatic nitrogens is 4. The Morgan fingerprint density at radius 3 is 2.46 bits per heavy atom. The molecule has 13 heteroatoms. The minimum atomic E-state index is -4.16. The lowest BCUT2D eigenvalue weighted by Crippen LogP contribution is -2.39. The summed E-state index contributed by atoms with van der Waals surface area (Å²) in [6.07, 6.45) is 2.95. The molecule has 1 atom stereocenters. The van der Waals surface area contributed by atoms with Crippen LogP contribution in [-0.2, 0) is 39.5 Å². The van der Waals surface area contributed by atoms with Gasteiger partial charge in [-0.2, -0.15) is 0 Å². The van der Waals surface area contributed by atoms with E-state index in [0.717, 1.165) is 16.4 Å². The molecule has 0 spiro atoms. The van der Waals surface area contributed by atoms with Gasteiger partial charge >= 0.3 is 0 Å². The van der Waals surface area contributed by atoms with Crippen LogP contribution < -0.4 is 4.31 Å². The molecule has 196 valence electrons. The van der Waals surface area contributed by atoms with Crippen LogP contribution in [0.1, 0.15) is 23.4 Å². The number of benzene rings is 2. The SMILES string of the molecule is COC1=CCC(S(=O)(=O)N(Cc2nnnn2C)c2ccc(Cl)cc2Cc2c(F)cccc2F)C=C1OC. The van der Waals surface area contributed by atoms with Gasteiger partial charge in [0.15, 0.2) is 17.3 Å². The third-order valence-corrected chi connectivity index (χ3v) is 8.25. The van der Waals surface area contributed by atoms with E-state index in [1.807, 2.05) is 0 Å². The summed E-state index contributed by atoms with van der Waals surface area (Å²) < 4.78 is 70.3. The van der Waals surface area contributed by atoms with Crippen LogP contribution in [0.3, 0.4) is 0 Å². The quantitative estimate of drug-likeness (QED) is 0.397. The van der Waals surface area contributed by atoms with Gasteiger partial charge in [-0.3, -0.25) is 4.31 Å². The second kappa shape index (κ2) is 10.9. The average Bonchev–Trinajstić information content (AvgIpc) is 3.29. The van der Waals surface area contributed by atoms with Crippen molar-refractivity contribution in [1.29, 1.82) is 0 Å². The molecule has 1 aromatic heterocycles. The number of hydrogen-bond donors (Lipinski definition) is 0.